The van der Waals surface area contributed by atoms with Gasteiger partial charge in [-0.25, -0.2) is 14.8 Å². The number of aromatic carboxylic acids is 1. The van der Waals surface area contributed by atoms with Crippen LogP contribution < -0.4 is 0 Å². The number of aromatic nitrogens is 3. The number of fused-ring (bicyclic) bond motifs is 1. The van der Waals surface area contributed by atoms with Crippen LogP contribution in [0, 0.1) is 13.8 Å². The maximum absolute atomic E-state index is 12.0. The molecule has 0 fully saturated rings. The van der Waals surface area contributed by atoms with E-state index in [0.717, 1.165) is 51.4 Å². The Balaban J connectivity index is 1.53. The molecule has 2 heterocycles. The van der Waals surface area contributed by atoms with E-state index in [9.17, 15) is 15.0 Å². The second-order valence-corrected chi connectivity index (χ2v) is 9.00. The minimum absolute atomic E-state index is 0.153. The molecular weight excluding hydrogens is 450 g/mol. The second-order valence-electron chi connectivity index (χ2n) is 9.00. The molecule has 0 radical (unpaired) electrons. The van der Waals surface area contributed by atoms with Gasteiger partial charge in [0, 0.05) is 17.7 Å². The van der Waals surface area contributed by atoms with Gasteiger partial charge in [0.1, 0.15) is 17.1 Å². The molecule has 0 atom stereocenters. The van der Waals surface area contributed by atoms with Gasteiger partial charge in [-0.2, -0.15) is 0 Å². The number of carboxylic acids is 1. The molecule has 180 valence electrons. The molecule has 0 unspecified atom stereocenters. The SMILES string of the molecule is CCc1nc2c(C)cc(C)nc2n1Cc1ccc(-c2cc(-c3ccccc3O)ccc2C(=O)O)cc1. The molecule has 0 aliphatic rings. The molecule has 5 rings (SSSR count). The molecule has 0 saturated carbocycles. The lowest BCUT2D eigenvalue weighted by Gasteiger charge is -2.12. The maximum atomic E-state index is 12.0. The predicted molar refractivity (Wildman–Crippen MR) is 141 cm³/mol. The average molecular weight is 478 g/mol. The Morgan fingerprint density at radius 2 is 1.61 bits per heavy atom. The average Bonchev–Trinajstić information content (AvgIpc) is 3.22. The summed E-state index contributed by atoms with van der Waals surface area (Å²) < 4.78 is 2.16. The Bertz CT molecular complexity index is 1600. The minimum Gasteiger partial charge on any atom is -0.507 e. The van der Waals surface area contributed by atoms with Crippen LogP contribution in [-0.4, -0.2) is 30.7 Å². The monoisotopic (exact) mass is 477 g/mol. The summed E-state index contributed by atoms with van der Waals surface area (Å²) in [6.07, 6.45) is 0.800. The summed E-state index contributed by atoms with van der Waals surface area (Å²) in [6, 6.07) is 22.2. The van der Waals surface area contributed by atoms with Crippen molar-refractivity contribution in [3.63, 3.8) is 0 Å². The Morgan fingerprint density at radius 1 is 0.889 bits per heavy atom. The van der Waals surface area contributed by atoms with E-state index < -0.39 is 5.97 Å². The Hall–Kier alpha value is -4.45. The summed E-state index contributed by atoms with van der Waals surface area (Å²) in [5, 5.41) is 20.1. The quantitative estimate of drug-likeness (QED) is 0.296. The number of hydrogen-bond acceptors (Lipinski definition) is 4. The summed E-state index contributed by atoms with van der Waals surface area (Å²) in [7, 11) is 0. The summed E-state index contributed by atoms with van der Waals surface area (Å²) in [5.41, 5.74) is 7.99. The van der Waals surface area contributed by atoms with E-state index in [2.05, 4.69) is 24.5 Å². The Kier molecular flexibility index (Phi) is 6.02. The van der Waals surface area contributed by atoms with Gasteiger partial charge in [-0.1, -0.05) is 55.5 Å². The van der Waals surface area contributed by atoms with E-state index in [1.165, 1.54) is 0 Å². The van der Waals surface area contributed by atoms with Gasteiger partial charge in [-0.3, -0.25) is 0 Å². The Morgan fingerprint density at radius 3 is 2.31 bits per heavy atom. The highest BCUT2D eigenvalue weighted by molar-refractivity contribution is 5.97. The number of benzene rings is 3. The molecule has 3 aromatic carbocycles. The van der Waals surface area contributed by atoms with E-state index in [1.54, 1.807) is 24.3 Å². The zero-order valence-corrected chi connectivity index (χ0v) is 20.5. The van der Waals surface area contributed by atoms with Crippen molar-refractivity contribution >= 4 is 17.1 Å². The van der Waals surface area contributed by atoms with Gasteiger partial charge in [-0.05, 0) is 65.9 Å². The molecule has 2 N–H and O–H groups in total. The summed E-state index contributed by atoms with van der Waals surface area (Å²) >= 11 is 0. The third-order valence-electron chi connectivity index (χ3n) is 6.49. The standard InChI is InChI=1S/C30H27N3O3/c1-4-27-32-28-18(2)15-19(3)31-29(28)33(27)17-20-9-11-21(12-10-20)25-16-22(13-14-24(25)30(35)36)23-7-5-6-8-26(23)34/h5-16,34H,4,17H2,1-3H3,(H,35,36). The predicted octanol–water partition coefficient (Wildman–Crippen LogP) is 6.40. The zero-order chi connectivity index (χ0) is 25.4. The number of aromatic hydroxyl groups is 1. The molecule has 36 heavy (non-hydrogen) atoms. The van der Waals surface area contributed by atoms with Crippen LogP contribution in [0.4, 0.5) is 0 Å². The van der Waals surface area contributed by atoms with Crippen LogP contribution in [0.3, 0.4) is 0 Å². The van der Waals surface area contributed by atoms with Crippen molar-refractivity contribution in [3.8, 4) is 28.0 Å². The molecule has 0 aliphatic carbocycles. The fourth-order valence-electron chi connectivity index (χ4n) is 4.71. The number of aryl methyl sites for hydroxylation is 3. The van der Waals surface area contributed by atoms with Crippen LogP contribution in [0.15, 0.2) is 72.8 Å². The molecule has 0 bridgehead atoms. The van der Waals surface area contributed by atoms with Crippen LogP contribution in [0.2, 0.25) is 0 Å². The fourth-order valence-corrected chi connectivity index (χ4v) is 4.71. The van der Waals surface area contributed by atoms with E-state index in [1.807, 2.05) is 49.4 Å². The third-order valence-corrected chi connectivity index (χ3v) is 6.49. The fraction of sp³-hybridized carbons (Fsp3) is 0.167. The van der Waals surface area contributed by atoms with Crippen LogP contribution >= 0.6 is 0 Å². The molecule has 6 nitrogen and oxygen atoms in total. The van der Waals surface area contributed by atoms with Crippen molar-refractivity contribution in [1.82, 2.24) is 14.5 Å². The smallest absolute Gasteiger partial charge is 0.336 e. The maximum Gasteiger partial charge on any atom is 0.336 e. The van der Waals surface area contributed by atoms with Gasteiger partial charge in [0.05, 0.1) is 12.1 Å². The number of hydrogen-bond donors (Lipinski definition) is 2. The zero-order valence-electron chi connectivity index (χ0n) is 20.5. The van der Waals surface area contributed by atoms with Gasteiger partial charge in [0.15, 0.2) is 5.65 Å². The number of phenols is 1. The van der Waals surface area contributed by atoms with Crippen molar-refractivity contribution in [3.05, 3.63) is 101 Å². The highest BCUT2D eigenvalue weighted by atomic mass is 16.4. The number of pyridine rings is 1. The summed E-state index contributed by atoms with van der Waals surface area (Å²) in [6.45, 7) is 6.77. The molecule has 0 amide bonds. The van der Waals surface area contributed by atoms with Crippen molar-refractivity contribution in [2.75, 3.05) is 0 Å². The second kappa shape index (κ2) is 9.30. The van der Waals surface area contributed by atoms with E-state index >= 15 is 0 Å². The summed E-state index contributed by atoms with van der Waals surface area (Å²) in [5.74, 6) is 0.145. The van der Waals surface area contributed by atoms with Crippen molar-refractivity contribution in [1.29, 1.82) is 0 Å². The lowest BCUT2D eigenvalue weighted by molar-refractivity contribution is 0.0697. The largest absolute Gasteiger partial charge is 0.507 e. The lowest BCUT2D eigenvalue weighted by Crippen LogP contribution is -2.06. The highest BCUT2D eigenvalue weighted by Gasteiger charge is 2.16. The first-order valence-electron chi connectivity index (χ1n) is 11.9. The number of carboxylic acid groups (broad SMARTS) is 1. The first-order valence-corrected chi connectivity index (χ1v) is 11.9. The molecular formula is C30H27N3O3. The van der Waals surface area contributed by atoms with Gasteiger partial charge < -0.3 is 14.8 Å². The topological polar surface area (TPSA) is 88.2 Å². The molecule has 0 aliphatic heterocycles. The number of imidazole rings is 1. The molecule has 5 aromatic rings. The highest BCUT2D eigenvalue weighted by Crippen LogP contribution is 2.34. The number of carbonyl (C=O) groups is 1. The Labute approximate surface area is 209 Å². The molecule has 2 aromatic heterocycles. The van der Waals surface area contributed by atoms with Gasteiger partial charge in [0.25, 0.3) is 0 Å². The molecule has 0 spiro atoms. The minimum atomic E-state index is -0.993. The van der Waals surface area contributed by atoms with Crippen molar-refractivity contribution in [2.45, 2.75) is 33.7 Å². The normalized spacial score (nSPS) is 11.2. The third kappa shape index (κ3) is 4.22. The van der Waals surface area contributed by atoms with E-state index in [0.29, 0.717) is 17.7 Å². The number of rotatable bonds is 6. The van der Waals surface area contributed by atoms with Gasteiger partial charge in [0.2, 0.25) is 0 Å². The van der Waals surface area contributed by atoms with Crippen molar-refractivity contribution in [2.24, 2.45) is 0 Å². The number of phenolic OH excluding ortho intramolecular Hbond substituents is 1. The van der Waals surface area contributed by atoms with Crippen LogP contribution in [0.1, 0.15) is 39.9 Å². The van der Waals surface area contributed by atoms with Crippen molar-refractivity contribution < 1.29 is 15.0 Å². The molecule has 6 heteroatoms. The van der Waals surface area contributed by atoms with Crippen LogP contribution in [0.25, 0.3) is 33.4 Å². The number of para-hydroxylation sites is 1. The first-order chi connectivity index (χ1) is 17.4. The summed E-state index contributed by atoms with van der Waals surface area (Å²) in [4.78, 5) is 21.6. The van der Waals surface area contributed by atoms with E-state index in [4.69, 9.17) is 9.97 Å². The lowest BCUT2D eigenvalue weighted by atomic mass is 9.93. The van der Waals surface area contributed by atoms with Crippen LogP contribution in [-0.2, 0) is 13.0 Å². The van der Waals surface area contributed by atoms with Gasteiger partial charge in [-0.15, -0.1) is 0 Å². The molecule has 0 saturated heterocycles. The van der Waals surface area contributed by atoms with Crippen LogP contribution in [0.5, 0.6) is 5.75 Å². The number of nitrogens with zero attached hydrogens (tertiary/aromatic N) is 3. The van der Waals surface area contributed by atoms with E-state index in [-0.39, 0.29) is 11.3 Å². The first kappa shape index (κ1) is 23.3. The van der Waals surface area contributed by atoms with Gasteiger partial charge >= 0.3 is 5.97 Å².